The van der Waals surface area contributed by atoms with Crippen LogP contribution in [-0.2, 0) is 11.2 Å². The molecule has 1 aliphatic heterocycles. The first-order valence-corrected chi connectivity index (χ1v) is 10.7. The van der Waals surface area contributed by atoms with Gasteiger partial charge in [0.05, 0.1) is 12.3 Å². The molecule has 29 heavy (non-hydrogen) atoms. The Morgan fingerprint density at radius 2 is 1.79 bits per heavy atom. The van der Waals surface area contributed by atoms with Gasteiger partial charge in [0.2, 0.25) is 5.91 Å². The summed E-state index contributed by atoms with van der Waals surface area (Å²) >= 11 is 0. The topological polar surface area (TPSA) is 44.8 Å². The second-order valence-corrected chi connectivity index (χ2v) is 7.76. The molecule has 2 aromatic rings. The van der Waals surface area contributed by atoms with Crippen LogP contribution in [0.25, 0.3) is 0 Å². The number of nitrogens with zero attached hydrogens (tertiary/aromatic N) is 2. The van der Waals surface area contributed by atoms with E-state index < -0.39 is 0 Å². The van der Waals surface area contributed by atoms with Crippen LogP contribution >= 0.6 is 0 Å². The fraction of sp³-hybridized carbons (Fsp3) is 0.458. The van der Waals surface area contributed by atoms with E-state index in [0.29, 0.717) is 19.1 Å². The Bertz CT molecular complexity index is 784. The molecule has 156 valence electrons. The molecule has 1 N–H and O–H groups in total. The lowest BCUT2D eigenvalue weighted by atomic mass is 10.1. The molecule has 5 heteroatoms. The van der Waals surface area contributed by atoms with E-state index in [1.165, 1.54) is 5.56 Å². The molecule has 0 atom stereocenters. The molecular weight excluding hydrogens is 362 g/mol. The highest BCUT2D eigenvalue weighted by molar-refractivity contribution is 5.92. The van der Waals surface area contributed by atoms with Crippen LogP contribution in [0.15, 0.2) is 48.5 Å². The quantitative estimate of drug-likeness (QED) is 0.728. The lowest BCUT2D eigenvalue weighted by molar-refractivity contribution is -0.116. The standard InChI is InChI=1S/C24H33N3O2/c1-4-29-23-18-21(27-16-14-26(15-17-27)19(2)3)11-12-22(23)25-24(28)13-10-20-8-6-5-7-9-20/h5-9,11-12,18-19H,4,10,13-17H2,1-3H3,(H,25,28). The van der Waals surface area contributed by atoms with Gasteiger partial charge in [-0.2, -0.15) is 0 Å². The summed E-state index contributed by atoms with van der Waals surface area (Å²) in [6, 6.07) is 16.8. The van der Waals surface area contributed by atoms with Crippen LogP contribution in [0.5, 0.6) is 5.75 Å². The van der Waals surface area contributed by atoms with Gasteiger partial charge in [-0.1, -0.05) is 30.3 Å². The van der Waals surface area contributed by atoms with E-state index in [4.69, 9.17) is 4.74 Å². The van der Waals surface area contributed by atoms with Crippen molar-refractivity contribution in [1.29, 1.82) is 0 Å². The highest BCUT2D eigenvalue weighted by Gasteiger charge is 2.20. The van der Waals surface area contributed by atoms with Crippen molar-refractivity contribution in [1.82, 2.24) is 4.90 Å². The number of rotatable bonds is 8. The summed E-state index contributed by atoms with van der Waals surface area (Å²) in [5.41, 5.74) is 3.07. The van der Waals surface area contributed by atoms with Gasteiger partial charge >= 0.3 is 0 Å². The van der Waals surface area contributed by atoms with Crippen molar-refractivity contribution in [2.75, 3.05) is 43.0 Å². The zero-order chi connectivity index (χ0) is 20.6. The van der Waals surface area contributed by atoms with Crippen molar-refractivity contribution in [3.05, 3.63) is 54.1 Å². The number of hydrogen-bond acceptors (Lipinski definition) is 4. The van der Waals surface area contributed by atoms with E-state index in [1.54, 1.807) is 0 Å². The van der Waals surface area contributed by atoms with Crippen molar-refractivity contribution >= 4 is 17.3 Å². The minimum absolute atomic E-state index is 0.00750. The normalized spacial score (nSPS) is 14.8. The van der Waals surface area contributed by atoms with Crippen molar-refractivity contribution < 1.29 is 9.53 Å². The molecule has 3 rings (SSSR count). The Hall–Kier alpha value is -2.53. The maximum absolute atomic E-state index is 12.4. The maximum Gasteiger partial charge on any atom is 0.224 e. The third kappa shape index (κ3) is 5.97. The molecule has 1 fully saturated rings. The van der Waals surface area contributed by atoms with E-state index in [9.17, 15) is 4.79 Å². The molecule has 0 aromatic heterocycles. The molecule has 1 heterocycles. The number of anilines is 2. The molecule has 0 aliphatic carbocycles. The Morgan fingerprint density at radius 1 is 1.07 bits per heavy atom. The lowest BCUT2D eigenvalue weighted by Gasteiger charge is -2.38. The summed E-state index contributed by atoms with van der Waals surface area (Å²) in [6.07, 6.45) is 1.18. The zero-order valence-electron chi connectivity index (χ0n) is 17.9. The Labute approximate surface area is 174 Å². The van der Waals surface area contributed by atoms with Gasteiger partial charge in [0.25, 0.3) is 0 Å². The number of amides is 1. The van der Waals surface area contributed by atoms with Gasteiger partial charge in [0.15, 0.2) is 0 Å². The Morgan fingerprint density at radius 3 is 2.45 bits per heavy atom. The molecule has 1 amide bonds. The first kappa shape index (κ1) is 21.2. The van der Waals surface area contributed by atoms with Gasteiger partial charge < -0.3 is 15.0 Å². The van der Waals surface area contributed by atoms with Crippen LogP contribution in [0.1, 0.15) is 32.8 Å². The summed E-state index contributed by atoms with van der Waals surface area (Å²) in [4.78, 5) is 17.3. The van der Waals surface area contributed by atoms with Crippen LogP contribution in [0.3, 0.4) is 0 Å². The number of carbonyl (C=O) groups is 1. The van der Waals surface area contributed by atoms with Crippen molar-refractivity contribution in [2.45, 2.75) is 39.7 Å². The van der Waals surface area contributed by atoms with Crippen LogP contribution in [0, 0.1) is 0 Å². The fourth-order valence-corrected chi connectivity index (χ4v) is 3.70. The van der Waals surface area contributed by atoms with E-state index in [0.717, 1.165) is 49.7 Å². The van der Waals surface area contributed by atoms with E-state index in [1.807, 2.05) is 43.3 Å². The monoisotopic (exact) mass is 395 g/mol. The van der Waals surface area contributed by atoms with E-state index in [-0.39, 0.29) is 5.91 Å². The van der Waals surface area contributed by atoms with Crippen molar-refractivity contribution in [3.63, 3.8) is 0 Å². The third-order valence-electron chi connectivity index (χ3n) is 5.43. The zero-order valence-corrected chi connectivity index (χ0v) is 17.9. The van der Waals surface area contributed by atoms with Gasteiger partial charge in [0.1, 0.15) is 5.75 Å². The molecular formula is C24H33N3O2. The molecule has 1 aliphatic rings. The average molecular weight is 396 g/mol. The minimum atomic E-state index is 0.00750. The number of aryl methyl sites for hydroxylation is 1. The number of carbonyl (C=O) groups excluding carboxylic acids is 1. The second kappa shape index (κ2) is 10.3. The predicted octanol–water partition coefficient (Wildman–Crippen LogP) is 4.19. The van der Waals surface area contributed by atoms with Gasteiger partial charge in [-0.25, -0.2) is 0 Å². The SMILES string of the molecule is CCOc1cc(N2CCN(C(C)C)CC2)ccc1NC(=O)CCc1ccccc1. The smallest absolute Gasteiger partial charge is 0.224 e. The summed E-state index contributed by atoms with van der Waals surface area (Å²) < 4.78 is 5.84. The average Bonchev–Trinajstić information content (AvgIpc) is 2.74. The number of piperazine rings is 1. The number of benzene rings is 2. The van der Waals surface area contributed by atoms with Gasteiger partial charge in [-0.15, -0.1) is 0 Å². The summed E-state index contributed by atoms with van der Waals surface area (Å²) in [5, 5.41) is 3.03. The molecule has 0 saturated carbocycles. The molecule has 0 bridgehead atoms. The minimum Gasteiger partial charge on any atom is -0.492 e. The van der Waals surface area contributed by atoms with Crippen molar-refractivity contribution in [2.24, 2.45) is 0 Å². The van der Waals surface area contributed by atoms with E-state index >= 15 is 0 Å². The van der Waals surface area contributed by atoms with Crippen LogP contribution in [0.4, 0.5) is 11.4 Å². The van der Waals surface area contributed by atoms with Crippen LogP contribution in [0.2, 0.25) is 0 Å². The lowest BCUT2D eigenvalue weighted by Crippen LogP contribution is -2.48. The second-order valence-electron chi connectivity index (χ2n) is 7.76. The van der Waals surface area contributed by atoms with Gasteiger partial charge in [-0.3, -0.25) is 9.69 Å². The highest BCUT2D eigenvalue weighted by atomic mass is 16.5. The first-order valence-electron chi connectivity index (χ1n) is 10.7. The number of nitrogens with one attached hydrogen (secondary N) is 1. The molecule has 0 spiro atoms. The summed E-state index contributed by atoms with van der Waals surface area (Å²) in [7, 11) is 0. The van der Waals surface area contributed by atoms with Crippen LogP contribution in [-0.4, -0.2) is 49.6 Å². The molecule has 2 aromatic carbocycles. The predicted molar refractivity (Wildman–Crippen MR) is 120 cm³/mol. The molecule has 0 radical (unpaired) electrons. The fourth-order valence-electron chi connectivity index (χ4n) is 3.70. The molecule has 5 nitrogen and oxygen atoms in total. The highest BCUT2D eigenvalue weighted by Crippen LogP contribution is 2.31. The molecule has 0 unspecified atom stereocenters. The first-order chi connectivity index (χ1) is 14.1. The Balaban J connectivity index is 1.62. The molecule has 1 saturated heterocycles. The maximum atomic E-state index is 12.4. The largest absolute Gasteiger partial charge is 0.492 e. The number of ether oxygens (including phenoxy) is 1. The van der Waals surface area contributed by atoms with Crippen molar-refractivity contribution in [3.8, 4) is 5.75 Å². The van der Waals surface area contributed by atoms with Gasteiger partial charge in [-0.05, 0) is 44.9 Å². The third-order valence-corrected chi connectivity index (χ3v) is 5.43. The van der Waals surface area contributed by atoms with E-state index in [2.05, 4.69) is 41.1 Å². The van der Waals surface area contributed by atoms with Crippen LogP contribution < -0.4 is 15.0 Å². The number of hydrogen-bond donors (Lipinski definition) is 1. The summed E-state index contributed by atoms with van der Waals surface area (Å²) in [6.45, 7) is 11.2. The van der Waals surface area contributed by atoms with Gasteiger partial charge in [0, 0.05) is 50.4 Å². The summed E-state index contributed by atoms with van der Waals surface area (Å²) in [5.74, 6) is 0.748. The Kier molecular flexibility index (Phi) is 7.53.